The zero-order chi connectivity index (χ0) is 19.5. The van der Waals surface area contributed by atoms with Crippen molar-refractivity contribution in [2.24, 2.45) is 5.92 Å². The first-order valence-electron chi connectivity index (χ1n) is 9.26. The predicted molar refractivity (Wildman–Crippen MR) is 103 cm³/mol. The summed E-state index contributed by atoms with van der Waals surface area (Å²) < 4.78 is 10.5. The number of carbonyl (C=O) groups is 2. The minimum Gasteiger partial charge on any atom is -0.464 e. The van der Waals surface area contributed by atoms with Crippen molar-refractivity contribution in [3.05, 3.63) is 60.5 Å². The quantitative estimate of drug-likeness (QED) is 0.746. The van der Waals surface area contributed by atoms with Gasteiger partial charge in [0.25, 0.3) is 5.91 Å². The molecule has 1 unspecified atom stereocenters. The first-order valence-corrected chi connectivity index (χ1v) is 9.26. The molecular weight excluding hydrogens is 358 g/mol. The molecule has 3 aromatic rings. The second kappa shape index (κ2) is 7.72. The minimum absolute atomic E-state index is 0.0832. The number of aromatic nitrogens is 1. The molecule has 0 saturated carbocycles. The van der Waals surface area contributed by atoms with E-state index in [0.29, 0.717) is 24.5 Å². The molecule has 4 rings (SSSR count). The van der Waals surface area contributed by atoms with Crippen LogP contribution in [0.15, 0.2) is 57.9 Å². The Balaban J connectivity index is 1.39. The van der Waals surface area contributed by atoms with Gasteiger partial charge >= 0.3 is 0 Å². The van der Waals surface area contributed by atoms with Crippen LogP contribution >= 0.6 is 0 Å². The second-order valence-corrected chi connectivity index (χ2v) is 6.89. The standard InChI is InChI=1S/C21H21N3O4/c1-14-19(22-13-28-14)21(26)24-10-2-4-16(12-24)20(25)23-17-8-6-15(7-9-17)18-5-3-11-27-18/h3,5-9,11,13,16H,2,4,10,12H2,1H3,(H,23,25). The molecule has 3 heterocycles. The van der Waals surface area contributed by atoms with Crippen LogP contribution in [0, 0.1) is 12.8 Å². The van der Waals surface area contributed by atoms with E-state index < -0.39 is 0 Å². The maximum absolute atomic E-state index is 12.7. The number of rotatable bonds is 4. The smallest absolute Gasteiger partial charge is 0.276 e. The average Bonchev–Trinajstić information content (AvgIpc) is 3.40. The number of hydrogen-bond acceptors (Lipinski definition) is 5. The SMILES string of the molecule is Cc1ocnc1C(=O)N1CCCC(C(=O)Nc2ccc(-c3ccco3)cc2)C1. The van der Waals surface area contributed by atoms with Crippen molar-refractivity contribution in [3.63, 3.8) is 0 Å². The van der Waals surface area contributed by atoms with Crippen molar-refractivity contribution in [1.29, 1.82) is 0 Å². The molecule has 7 heteroatoms. The number of likely N-dealkylation sites (tertiary alicyclic amines) is 1. The number of nitrogens with one attached hydrogen (secondary N) is 1. The average molecular weight is 379 g/mol. The zero-order valence-corrected chi connectivity index (χ0v) is 15.6. The van der Waals surface area contributed by atoms with E-state index in [2.05, 4.69) is 10.3 Å². The van der Waals surface area contributed by atoms with Crippen LogP contribution in [-0.2, 0) is 4.79 Å². The van der Waals surface area contributed by atoms with E-state index in [9.17, 15) is 9.59 Å². The Kier molecular flexibility index (Phi) is 4.97. The molecule has 144 valence electrons. The lowest BCUT2D eigenvalue weighted by atomic mass is 9.96. The number of benzene rings is 1. The molecule has 1 aliphatic rings. The molecule has 1 fully saturated rings. The highest BCUT2D eigenvalue weighted by atomic mass is 16.3. The van der Waals surface area contributed by atoms with Crippen LogP contribution in [0.5, 0.6) is 0 Å². The van der Waals surface area contributed by atoms with Crippen LogP contribution in [0.4, 0.5) is 5.69 Å². The van der Waals surface area contributed by atoms with Crippen molar-refractivity contribution in [2.75, 3.05) is 18.4 Å². The first kappa shape index (κ1) is 18.0. The topological polar surface area (TPSA) is 88.6 Å². The van der Waals surface area contributed by atoms with Gasteiger partial charge in [-0.3, -0.25) is 9.59 Å². The summed E-state index contributed by atoms with van der Waals surface area (Å²) in [6, 6.07) is 11.2. The summed E-state index contributed by atoms with van der Waals surface area (Å²) in [5, 5.41) is 2.95. The second-order valence-electron chi connectivity index (χ2n) is 6.89. The molecule has 1 aromatic carbocycles. The number of carbonyl (C=O) groups excluding carboxylic acids is 2. The van der Waals surface area contributed by atoms with E-state index in [4.69, 9.17) is 8.83 Å². The van der Waals surface area contributed by atoms with Crippen LogP contribution < -0.4 is 5.32 Å². The van der Waals surface area contributed by atoms with E-state index in [1.165, 1.54) is 6.39 Å². The van der Waals surface area contributed by atoms with E-state index in [1.807, 2.05) is 36.4 Å². The normalized spacial score (nSPS) is 16.8. The summed E-state index contributed by atoms with van der Waals surface area (Å²) in [6.45, 7) is 2.70. The lowest BCUT2D eigenvalue weighted by molar-refractivity contribution is -0.121. The third-order valence-electron chi connectivity index (χ3n) is 4.98. The third-order valence-corrected chi connectivity index (χ3v) is 4.98. The lowest BCUT2D eigenvalue weighted by Crippen LogP contribution is -2.44. The molecule has 2 aromatic heterocycles. The van der Waals surface area contributed by atoms with Gasteiger partial charge in [0.2, 0.25) is 5.91 Å². The summed E-state index contributed by atoms with van der Waals surface area (Å²) in [4.78, 5) is 31.0. The van der Waals surface area contributed by atoms with E-state index >= 15 is 0 Å². The number of oxazole rings is 1. The van der Waals surface area contributed by atoms with Crippen LogP contribution in [0.25, 0.3) is 11.3 Å². The maximum Gasteiger partial charge on any atom is 0.276 e. The fraction of sp³-hybridized carbons (Fsp3) is 0.286. The molecule has 28 heavy (non-hydrogen) atoms. The van der Waals surface area contributed by atoms with Gasteiger partial charge in [-0.25, -0.2) is 4.98 Å². The Bertz CT molecular complexity index is 960. The molecule has 0 spiro atoms. The number of piperidine rings is 1. The minimum atomic E-state index is -0.255. The number of aryl methyl sites for hydroxylation is 1. The van der Waals surface area contributed by atoms with Crippen LogP contribution in [0.2, 0.25) is 0 Å². The molecule has 7 nitrogen and oxygen atoms in total. The molecule has 1 aliphatic heterocycles. The fourth-order valence-electron chi connectivity index (χ4n) is 3.44. The Morgan fingerprint density at radius 1 is 1.18 bits per heavy atom. The van der Waals surface area contributed by atoms with Crippen LogP contribution in [-0.4, -0.2) is 34.8 Å². The number of furan rings is 1. The van der Waals surface area contributed by atoms with Gasteiger partial charge in [0.1, 0.15) is 11.5 Å². The number of anilines is 1. The predicted octanol–water partition coefficient (Wildman–Crippen LogP) is 3.73. The molecule has 0 bridgehead atoms. The van der Waals surface area contributed by atoms with Crippen molar-refractivity contribution >= 4 is 17.5 Å². The van der Waals surface area contributed by atoms with Crippen molar-refractivity contribution in [1.82, 2.24) is 9.88 Å². The van der Waals surface area contributed by atoms with Crippen molar-refractivity contribution < 1.29 is 18.4 Å². The highest BCUT2D eigenvalue weighted by molar-refractivity contribution is 5.95. The summed E-state index contributed by atoms with van der Waals surface area (Å²) in [5.74, 6) is 0.747. The monoisotopic (exact) mass is 379 g/mol. The van der Waals surface area contributed by atoms with Gasteiger partial charge in [0.05, 0.1) is 12.2 Å². The first-order chi connectivity index (χ1) is 13.6. The van der Waals surface area contributed by atoms with Gasteiger partial charge in [0, 0.05) is 24.3 Å². The van der Waals surface area contributed by atoms with E-state index in [-0.39, 0.29) is 17.7 Å². The number of hydrogen-bond donors (Lipinski definition) is 1. The van der Waals surface area contributed by atoms with Gasteiger partial charge in [-0.15, -0.1) is 0 Å². The van der Waals surface area contributed by atoms with Crippen molar-refractivity contribution in [3.8, 4) is 11.3 Å². The maximum atomic E-state index is 12.7. The van der Waals surface area contributed by atoms with Crippen LogP contribution in [0.1, 0.15) is 29.1 Å². The van der Waals surface area contributed by atoms with Gasteiger partial charge in [-0.05, 0) is 56.2 Å². The Hall–Kier alpha value is -3.35. The Morgan fingerprint density at radius 3 is 2.68 bits per heavy atom. The van der Waals surface area contributed by atoms with E-state index in [1.54, 1.807) is 18.1 Å². The lowest BCUT2D eigenvalue weighted by Gasteiger charge is -2.31. The molecule has 1 atom stereocenters. The highest BCUT2D eigenvalue weighted by Gasteiger charge is 2.30. The summed E-state index contributed by atoms with van der Waals surface area (Å²) in [5.41, 5.74) is 1.98. The van der Waals surface area contributed by atoms with Crippen molar-refractivity contribution in [2.45, 2.75) is 19.8 Å². The highest BCUT2D eigenvalue weighted by Crippen LogP contribution is 2.24. The van der Waals surface area contributed by atoms with Gasteiger partial charge < -0.3 is 19.1 Å². The van der Waals surface area contributed by atoms with Gasteiger partial charge in [-0.2, -0.15) is 0 Å². The molecule has 2 amide bonds. The van der Waals surface area contributed by atoms with Gasteiger partial charge in [0.15, 0.2) is 12.1 Å². The van der Waals surface area contributed by atoms with Crippen LogP contribution in [0.3, 0.4) is 0 Å². The number of amides is 2. The summed E-state index contributed by atoms with van der Waals surface area (Å²) in [6.07, 6.45) is 4.42. The number of nitrogens with zero attached hydrogens (tertiary/aromatic N) is 2. The molecule has 1 saturated heterocycles. The third kappa shape index (κ3) is 3.69. The van der Waals surface area contributed by atoms with E-state index in [0.717, 1.165) is 29.9 Å². The molecular formula is C21H21N3O4. The summed E-state index contributed by atoms with van der Waals surface area (Å²) >= 11 is 0. The zero-order valence-electron chi connectivity index (χ0n) is 15.6. The summed E-state index contributed by atoms with van der Waals surface area (Å²) in [7, 11) is 0. The van der Waals surface area contributed by atoms with Gasteiger partial charge in [-0.1, -0.05) is 0 Å². The molecule has 0 radical (unpaired) electrons. The Morgan fingerprint density at radius 2 is 2.00 bits per heavy atom. The molecule has 1 N–H and O–H groups in total. The Labute approximate surface area is 162 Å². The largest absolute Gasteiger partial charge is 0.464 e. The molecule has 0 aliphatic carbocycles. The fourth-order valence-corrected chi connectivity index (χ4v) is 3.44.